The molecule has 0 amide bonds. The fourth-order valence-electron chi connectivity index (χ4n) is 1.98. The molecule has 1 aliphatic rings. The zero-order valence-corrected chi connectivity index (χ0v) is 10.9. The topological polar surface area (TPSA) is 60.1 Å². The van der Waals surface area contributed by atoms with E-state index in [1.807, 2.05) is 0 Å². The number of likely N-dealkylation sites (N-methyl/N-ethyl adjacent to an activating group) is 1. The molecule has 1 aliphatic heterocycles. The predicted octanol–water partition coefficient (Wildman–Crippen LogP) is -0.293. The molecule has 1 saturated heterocycles. The van der Waals surface area contributed by atoms with Gasteiger partial charge >= 0.3 is 0 Å². The molecule has 0 unspecified atom stereocenters. The Balaban J connectivity index is 1.92. The molecule has 2 rings (SSSR count). The third kappa shape index (κ3) is 3.41. The summed E-state index contributed by atoms with van der Waals surface area (Å²) < 4.78 is 0. The molecule has 17 heavy (non-hydrogen) atoms. The third-order valence-electron chi connectivity index (χ3n) is 2.97. The van der Waals surface area contributed by atoms with Crippen molar-refractivity contribution in [1.82, 2.24) is 25.4 Å². The van der Waals surface area contributed by atoms with Gasteiger partial charge in [0, 0.05) is 38.6 Å². The van der Waals surface area contributed by atoms with E-state index in [0.717, 1.165) is 44.4 Å². The first kappa shape index (κ1) is 12.3. The Hall–Kier alpha value is -1.14. The lowest BCUT2D eigenvalue weighted by molar-refractivity contribution is 0.409. The van der Waals surface area contributed by atoms with Gasteiger partial charge in [0.1, 0.15) is 5.82 Å². The first-order valence-electron chi connectivity index (χ1n) is 6.19. The van der Waals surface area contributed by atoms with Crippen molar-refractivity contribution in [2.75, 3.05) is 45.2 Å². The first-order valence-corrected chi connectivity index (χ1v) is 6.19. The minimum atomic E-state index is 0.507. The molecule has 0 saturated carbocycles. The van der Waals surface area contributed by atoms with Gasteiger partial charge in [0.15, 0.2) is 0 Å². The second-order valence-electron chi connectivity index (χ2n) is 4.94. The Labute approximate surface area is 102 Å². The number of piperazine rings is 1. The van der Waals surface area contributed by atoms with Gasteiger partial charge in [-0.05, 0) is 21.0 Å². The molecule has 0 spiro atoms. The summed E-state index contributed by atoms with van der Waals surface area (Å²) in [7, 11) is 4.13. The van der Waals surface area contributed by atoms with Crippen molar-refractivity contribution in [2.45, 2.75) is 19.4 Å². The summed E-state index contributed by atoms with van der Waals surface area (Å²) >= 11 is 0. The first-order chi connectivity index (χ1) is 8.15. The maximum absolute atomic E-state index is 4.55. The van der Waals surface area contributed by atoms with Gasteiger partial charge in [0.05, 0.1) is 0 Å². The van der Waals surface area contributed by atoms with Crippen LogP contribution in [0.15, 0.2) is 0 Å². The van der Waals surface area contributed by atoms with E-state index < -0.39 is 0 Å². The molecule has 1 aromatic rings. The van der Waals surface area contributed by atoms with Crippen LogP contribution in [0.3, 0.4) is 0 Å². The molecule has 1 aromatic heterocycles. The number of aromatic amines is 1. The molecule has 2 N–H and O–H groups in total. The van der Waals surface area contributed by atoms with Crippen molar-refractivity contribution < 1.29 is 0 Å². The van der Waals surface area contributed by atoms with Crippen LogP contribution in [-0.4, -0.2) is 66.4 Å². The SMILES string of the molecule is C[C@H]1CN(c2n[nH]c(CCN(C)C)n2)CCN1. The number of nitrogens with zero attached hydrogens (tertiary/aromatic N) is 4. The van der Waals surface area contributed by atoms with Crippen molar-refractivity contribution in [3.05, 3.63) is 5.82 Å². The fourth-order valence-corrected chi connectivity index (χ4v) is 1.98. The van der Waals surface area contributed by atoms with E-state index in [0.29, 0.717) is 6.04 Å². The number of H-pyrrole nitrogens is 1. The maximum Gasteiger partial charge on any atom is 0.244 e. The van der Waals surface area contributed by atoms with Crippen LogP contribution in [0.4, 0.5) is 5.95 Å². The van der Waals surface area contributed by atoms with Gasteiger partial charge < -0.3 is 15.1 Å². The molecule has 0 bridgehead atoms. The van der Waals surface area contributed by atoms with Crippen LogP contribution in [0.2, 0.25) is 0 Å². The minimum Gasteiger partial charge on any atom is -0.337 e. The molecule has 6 heteroatoms. The number of aromatic nitrogens is 3. The monoisotopic (exact) mass is 238 g/mol. The Bertz CT molecular complexity index is 347. The predicted molar refractivity (Wildman–Crippen MR) is 68.3 cm³/mol. The van der Waals surface area contributed by atoms with Gasteiger partial charge in [-0.2, -0.15) is 4.98 Å². The maximum atomic E-state index is 4.55. The van der Waals surface area contributed by atoms with Crippen molar-refractivity contribution in [1.29, 1.82) is 0 Å². The number of rotatable bonds is 4. The Morgan fingerprint density at radius 3 is 3.00 bits per heavy atom. The number of nitrogens with one attached hydrogen (secondary N) is 2. The number of anilines is 1. The standard InChI is InChI=1S/C11H22N6/c1-9-8-17(7-5-12-9)11-13-10(14-15-11)4-6-16(2)3/h9,12H,4-8H2,1-3H3,(H,13,14,15)/t9-/m0/s1. The third-order valence-corrected chi connectivity index (χ3v) is 2.97. The molecule has 1 atom stereocenters. The van der Waals surface area contributed by atoms with Gasteiger partial charge in [0.2, 0.25) is 5.95 Å². The Morgan fingerprint density at radius 1 is 1.47 bits per heavy atom. The lowest BCUT2D eigenvalue weighted by Crippen LogP contribution is -2.49. The summed E-state index contributed by atoms with van der Waals surface area (Å²) in [5, 5.41) is 10.7. The number of hydrogen-bond donors (Lipinski definition) is 2. The average molecular weight is 238 g/mol. The van der Waals surface area contributed by atoms with E-state index in [9.17, 15) is 0 Å². The largest absolute Gasteiger partial charge is 0.337 e. The highest BCUT2D eigenvalue weighted by Crippen LogP contribution is 2.10. The van der Waals surface area contributed by atoms with Crippen LogP contribution in [-0.2, 0) is 6.42 Å². The minimum absolute atomic E-state index is 0.507. The highest BCUT2D eigenvalue weighted by molar-refractivity contribution is 5.30. The molecule has 0 aliphatic carbocycles. The highest BCUT2D eigenvalue weighted by atomic mass is 15.4. The van der Waals surface area contributed by atoms with Gasteiger partial charge in [-0.15, -0.1) is 5.10 Å². The van der Waals surface area contributed by atoms with Crippen LogP contribution in [0.1, 0.15) is 12.7 Å². The molecule has 2 heterocycles. The molecule has 6 nitrogen and oxygen atoms in total. The quantitative estimate of drug-likeness (QED) is 0.754. The van der Waals surface area contributed by atoms with Crippen LogP contribution >= 0.6 is 0 Å². The molecule has 1 fully saturated rings. The van der Waals surface area contributed by atoms with Gasteiger partial charge in [0.25, 0.3) is 0 Å². The van der Waals surface area contributed by atoms with Crippen LogP contribution in [0, 0.1) is 0 Å². The van der Waals surface area contributed by atoms with Crippen LogP contribution in [0.5, 0.6) is 0 Å². The zero-order valence-electron chi connectivity index (χ0n) is 10.9. The number of hydrogen-bond acceptors (Lipinski definition) is 5. The lowest BCUT2D eigenvalue weighted by atomic mass is 10.2. The van der Waals surface area contributed by atoms with E-state index in [-0.39, 0.29) is 0 Å². The van der Waals surface area contributed by atoms with E-state index in [1.54, 1.807) is 0 Å². The van der Waals surface area contributed by atoms with Crippen LogP contribution < -0.4 is 10.2 Å². The van der Waals surface area contributed by atoms with Crippen molar-refractivity contribution in [3.8, 4) is 0 Å². The average Bonchev–Trinajstić information content (AvgIpc) is 2.75. The summed E-state index contributed by atoms with van der Waals surface area (Å²) in [5.41, 5.74) is 0. The zero-order chi connectivity index (χ0) is 12.3. The summed E-state index contributed by atoms with van der Waals surface area (Å²) in [6.07, 6.45) is 0.918. The smallest absolute Gasteiger partial charge is 0.244 e. The molecular formula is C11H22N6. The van der Waals surface area contributed by atoms with E-state index in [2.05, 4.69) is 51.3 Å². The van der Waals surface area contributed by atoms with Crippen molar-refractivity contribution >= 4 is 5.95 Å². The molecular weight excluding hydrogens is 216 g/mol. The molecule has 0 aromatic carbocycles. The van der Waals surface area contributed by atoms with Gasteiger partial charge in [-0.1, -0.05) is 0 Å². The fraction of sp³-hybridized carbons (Fsp3) is 0.818. The lowest BCUT2D eigenvalue weighted by Gasteiger charge is -2.30. The van der Waals surface area contributed by atoms with E-state index in [1.165, 1.54) is 0 Å². The molecule has 0 radical (unpaired) electrons. The van der Waals surface area contributed by atoms with Gasteiger partial charge in [-0.25, -0.2) is 0 Å². The summed E-state index contributed by atoms with van der Waals surface area (Å²) in [6.45, 7) is 6.14. The Morgan fingerprint density at radius 2 is 2.29 bits per heavy atom. The normalized spacial score (nSPS) is 21.2. The van der Waals surface area contributed by atoms with E-state index >= 15 is 0 Å². The Kier molecular flexibility index (Phi) is 3.96. The van der Waals surface area contributed by atoms with Crippen LogP contribution in [0.25, 0.3) is 0 Å². The second kappa shape index (κ2) is 5.46. The molecule has 96 valence electrons. The highest BCUT2D eigenvalue weighted by Gasteiger charge is 2.19. The van der Waals surface area contributed by atoms with E-state index in [4.69, 9.17) is 0 Å². The summed E-state index contributed by atoms with van der Waals surface area (Å²) in [6, 6.07) is 0.507. The summed E-state index contributed by atoms with van der Waals surface area (Å²) in [5.74, 6) is 1.81. The summed E-state index contributed by atoms with van der Waals surface area (Å²) in [4.78, 5) is 8.93. The second-order valence-corrected chi connectivity index (χ2v) is 4.94. The van der Waals surface area contributed by atoms with Gasteiger partial charge in [-0.3, -0.25) is 5.10 Å². The van der Waals surface area contributed by atoms with Crippen molar-refractivity contribution in [2.24, 2.45) is 0 Å². The van der Waals surface area contributed by atoms with Crippen molar-refractivity contribution in [3.63, 3.8) is 0 Å².